The molecular formula is C25H22BNO2. The Kier molecular flexibility index (Phi) is 5.47. The Bertz CT molecular complexity index is 957. The molecule has 4 heteroatoms. The molecule has 4 rings (SSSR count). The molecule has 0 aromatic heterocycles. The summed E-state index contributed by atoms with van der Waals surface area (Å²) in [6.07, 6.45) is 0. The summed E-state index contributed by atoms with van der Waals surface area (Å²) in [6, 6.07) is 38.1. The average molecular weight is 379 g/mol. The maximum absolute atomic E-state index is 9.63. The van der Waals surface area contributed by atoms with Crippen LogP contribution in [0.1, 0.15) is 16.7 Å². The Morgan fingerprint density at radius 2 is 1.00 bits per heavy atom. The topological polar surface area (TPSA) is 52.5 Å². The Balaban J connectivity index is 1.97. The molecule has 3 nitrogen and oxygen atoms in total. The summed E-state index contributed by atoms with van der Waals surface area (Å²) in [7, 11) is -1.52. The van der Waals surface area contributed by atoms with Gasteiger partial charge in [0.05, 0.1) is 0 Å². The van der Waals surface area contributed by atoms with Crippen LogP contribution in [-0.2, 0) is 5.54 Å². The normalized spacial score (nSPS) is 11.1. The van der Waals surface area contributed by atoms with Gasteiger partial charge in [-0.15, -0.1) is 0 Å². The van der Waals surface area contributed by atoms with E-state index in [-0.39, 0.29) is 0 Å². The number of benzene rings is 4. The van der Waals surface area contributed by atoms with Crippen molar-refractivity contribution in [2.75, 3.05) is 5.32 Å². The highest BCUT2D eigenvalue weighted by atomic mass is 16.4. The van der Waals surface area contributed by atoms with Crippen LogP contribution in [0.3, 0.4) is 0 Å². The third kappa shape index (κ3) is 3.81. The molecule has 4 aromatic rings. The van der Waals surface area contributed by atoms with Crippen LogP contribution in [0.25, 0.3) is 0 Å². The minimum atomic E-state index is -1.52. The predicted octanol–water partition coefficient (Wildman–Crippen LogP) is 3.77. The second kappa shape index (κ2) is 8.35. The van der Waals surface area contributed by atoms with E-state index in [9.17, 15) is 10.0 Å². The van der Waals surface area contributed by atoms with Crippen molar-refractivity contribution in [3.8, 4) is 0 Å². The first kappa shape index (κ1) is 19.0. The summed E-state index contributed by atoms with van der Waals surface area (Å²) in [4.78, 5) is 0. The highest BCUT2D eigenvalue weighted by Crippen LogP contribution is 2.39. The zero-order chi connectivity index (χ0) is 20.1. The molecule has 0 saturated carbocycles. The molecule has 0 amide bonds. The van der Waals surface area contributed by atoms with E-state index in [2.05, 4.69) is 41.7 Å². The van der Waals surface area contributed by atoms with E-state index >= 15 is 0 Å². The van der Waals surface area contributed by atoms with Gasteiger partial charge in [0, 0.05) is 5.69 Å². The van der Waals surface area contributed by atoms with Gasteiger partial charge in [-0.2, -0.15) is 0 Å². The van der Waals surface area contributed by atoms with Crippen LogP contribution in [0.15, 0.2) is 115 Å². The molecule has 0 spiro atoms. The van der Waals surface area contributed by atoms with Gasteiger partial charge in [-0.1, -0.05) is 103 Å². The van der Waals surface area contributed by atoms with Crippen molar-refractivity contribution in [1.82, 2.24) is 0 Å². The lowest BCUT2D eigenvalue weighted by Crippen LogP contribution is -2.39. The second-order valence-corrected chi connectivity index (χ2v) is 6.97. The fourth-order valence-corrected chi connectivity index (χ4v) is 3.77. The summed E-state index contributed by atoms with van der Waals surface area (Å²) in [6.45, 7) is 0. The van der Waals surface area contributed by atoms with E-state index in [4.69, 9.17) is 0 Å². The van der Waals surface area contributed by atoms with Gasteiger partial charge in [0.1, 0.15) is 5.54 Å². The van der Waals surface area contributed by atoms with Crippen LogP contribution in [0, 0.1) is 0 Å². The number of hydrogen-bond donors (Lipinski definition) is 3. The molecular weight excluding hydrogens is 357 g/mol. The first-order valence-electron chi connectivity index (χ1n) is 9.61. The van der Waals surface area contributed by atoms with Gasteiger partial charge in [0.15, 0.2) is 0 Å². The Morgan fingerprint density at radius 3 is 1.41 bits per heavy atom. The average Bonchev–Trinajstić information content (AvgIpc) is 2.79. The molecule has 0 bridgehead atoms. The highest BCUT2D eigenvalue weighted by Gasteiger charge is 2.36. The summed E-state index contributed by atoms with van der Waals surface area (Å²) < 4.78 is 0. The Hall–Kier alpha value is -3.34. The molecule has 142 valence electrons. The molecule has 0 aliphatic rings. The molecule has 0 aliphatic heterocycles. The largest absolute Gasteiger partial charge is 0.488 e. The quantitative estimate of drug-likeness (QED) is 0.353. The molecule has 0 radical (unpaired) electrons. The molecule has 0 atom stereocenters. The van der Waals surface area contributed by atoms with Crippen molar-refractivity contribution in [2.45, 2.75) is 5.54 Å². The lowest BCUT2D eigenvalue weighted by atomic mass is 9.76. The van der Waals surface area contributed by atoms with Crippen LogP contribution in [0.2, 0.25) is 0 Å². The van der Waals surface area contributed by atoms with Crippen LogP contribution >= 0.6 is 0 Å². The molecule has 4 aromatic carbocycles. The monoisotopic (exact) mass is 379 g/mol. The molecule has 0 aliphatic carbocycles. The van der Waals surface area contributed by atoms with Gasteiger partial charge in [-0.3, -0.25) is 0 Å². The van der Waals surface area contributed by atoms with E-state index in [0.717, 1.165) is 22.4 Å². The summed E-state index contributed by atoms with van der Waals surface area (Å²) in [5.41, 5.74) is 3.86. The molecule has 29 heavy (non-hydrogen) atoms. The fraction of sp³-hybridized carbons (Fsp3) is 0.0400. The van der Waals surface area contributed by atoms with Crippen LogP contribution in [-0.4, -0.2) is 17.2 Å². The van der Waals surface area contributed by atoms with Crippen LogP contribution in [0.4, 0.5) is 5.69 Å². The van der Waals surface area contributed by atoms with E-state index in [0.29, 0.717) is 5.46 Å². The third-order valence-corrected chi connectivity index (χ3v) is 5.14. The van der Waals surface area contributed by atoms with Crippen molar-refractivity contribution in [3.63, 3.8) is 0 Å². The number of rotatable bonds is 6. The van der Waals surface area contributed by atoms with Gasteiger partial charge in [-0.05, 0) is 34.3 Å². The number of anilines is 1. The van der Waals surface area contributed by atoms with Crippen LogP contribution in [0.5, 0.6) is 0 Å². The SMILES string of the molecule is OB(O)c1cccc(NC(c2ccccc2)(c2ccccc2)c2ccccc2)c1. The van der Waals surface area contributed by atoms with E-state index in [1.165, 1.54) is 0 Å². The van der Waals surface area contributed by atoms with Gasteiger partial charge in [-0.25, -0.2) is 0 Å². The minimum Gasteiger partial charge on any atom is -0.423 e. The first-order valence-corrected chi connectivity index (χ1v) is 9.61. The summed E-state index contributed by atoms with van der Waals surface area (Å²) >= 11 is 0. The molecule has 0 fully saturated rings. The second-order valence-electron chi connectivity index (χ2n) is 6.97. The first-order chi connectivity index (χ1) is 14.2. The molecule has 0 unspecified atom stereocenters. The number of hydrogen-bond acceptors (Lipinski definition) is 3. The summed E-state index contributed by atoms with van der Waals surface area (Å²) in [5, 5.41) is 23.0. The summed E-state index contributed by atoms with van der Waals surface area (Å²) in [5.74, 6) is 0. The lowest BCUT2D eigenvalue weighted by molar-refractivity contribution is 0.426. The minimum absolute atomic E-state index is 0.443. The molecule has 0 heterocycles. The maximum Gasteiger partial charge on any atom is 0.488 e. The number of nitrogens with one attached hydrogen (secondary N) is 1. The van der Waals surface area contributed by atoms with E-state index in [1.807, 2.05) is 66.7 Å². The van der Waals surface area contributed by atoms with Crippen molar-refractivity contribution in [3.05, 3.63) is 132 Å². The smallest absolute Gasteiger partial charge is 0.423 e. The van der Waals surface area contributed by atoms with Gasteiger partial charge >= 0.3 is 7.12 Å². The van der Waals surface area contributed by atoms with Gasteiger partial charge < -0.3 is 15.4 Å². The molecule has 3 N–H and O–H groups in total. The standard InChI is InChI=1S/C25H22BNO2/c28-26(29)23-17-10-18-24(19-23)27-25(20-11-4-1-5-12-20,21-13-6-2-7-14-21)22-15-8-3-9-16-22/h1-19,27-29H. The third-order valence-electron chi connectivity index (χ3n) is 5.14. The fourth-order valence-electron chi connectivity index (χ4n) is 3.77. The Labute approximate surface area is 171 Å². The van der Waals surface area contributed by atoms with E-state index in [1.54, 1.807) is 12.1 Å². The lowest BCUT2D eigenvalue weighted by Gasteiger charge is -2.38. The highest BCUT2D eigenvalue weighted by molar-refractivity contribution is 6.58. The van der Waals surface area contributed by atoms with E-state index < -0.39 is 12.7 Å². The predicted molar refractivity (Wildman–Crippen MR) is 119 cm³/mol. The maximum atomic E-state index is 9.63. The zero-order valence-electron chi connectivity index (χ0n) is 15.9. The van der Waals surface area contributed by atoms with Crippen LogP contribution < -0.4 is 10.8 Å². The van der Waals surface area contributed by atoms with Gasteiger partial charge in [0.25, 0.3) is 0 Å². The Morgan fingerprint density at radius 1 is 0.552 bits per heavy atom. The van der Waals surface area contributed by atoms with Crippen molar-refractivity contribution >= 4 is 18.3 Å². The van der Waals surface area contributed by atoms with Crippen molar-refractivity contribution in [1.29, 1.82) is 0 Å². The zero-order valence-corrected chi connectivity index (χ0v) is 15.9. The molecule has 0 saturated heterocycles. The van der Waals surface area contributed by atoms with Crippen molar-refractivity contribution < 1.29 is 10.0 Å². The van der Waals surface area contributed by atoms with Crippen molar-refractivity contribution in [2.24, 2.45) is 0 Å². The van der Waals surface area contributed by atoms with Gasteiger partial charge in [0.2, 0.25) is 0 Å².